The Morgan fingerprint density at radius 1 is 1.30 bits per heavy atom. The molecule has 2 aromatic rings. The number of hydrogen-bond donors (Lipinski definition) is 1. The third kappa shape index (κ3) is 2.73. The summed E-state index contributed by atoms with van der Waals surface area (Å²) in [4.78, 5) is 6.89. The summed E-state index contributed by atoms with van der Waals surface area (Å²) >= 11 is 0. The molecule has 0 aliphatic carbocycles. The van der Waals surface area contributed by atoms with Crippen LogP contribution in [0.2, 0.25) is 0 Å². The van der Waals surface area contributed by atoms with Crippen LogP contribution >= 0.6 is 0 Å². The molecule has 0 amide bonds. The Bertz CT molecular complexity index is 564. The summed E-state index contributed by atoms with van der Waals surface area (Å²) < 4.78 is 5.36. The second-order valence-corrected chi connectivity index (χ2v) is 5.79. The smallest absolute Gasteiger partial charge is 0.257 e. The third-order valence-corrected chi connectivity index (χ3v) is 3.79. The Morgan fingerprint density at radius 3 is 2.85 bits per heavy atom. The lowest BCUT2D eigenvalue weighted by Crippen LogP contribution is -2.57. The van der Waals surface area contributed by atoms with Gasteiger partial charge in [-0.2, -0.15) is 4.98 Å². The van der Waals surface area contributed by atoms with Gasteiger partial charge in [-0.1, -0.05) is 23.4 Å². The number of nitrogens with one attached hydrogen (secondary N) is 1. The Hall–Kier alpha value is -1.72. The van der Waals surface area contributed by atoms with Crippen molar-refractivity contribution >= 4 is 0 Å². The van der Waals surface area contributed by atoms with E-state index < -0.39 is 0 Å². The molecule has 1 aromatic heterocycles. The molecule has 0 spiro atoms. The van der Waals surface area contributed by atoms with Crippen molar-refractivity contribution in [3.8, 4) is 11.5 Å². The van der Waals surface area contributed by atoms with Crippen LogP contribution in [-0.2, 0) is 6.54 Å². The zero-order valence-corrected chi connectivity index (χ0v) is 12.0. The lowest BCUT2D eigenvalue weighted by Gasteiger charge is -2.42. The molecule has 1 saturated heterocycles. The molecule has 1 aromatic carbocycles. The molecule has 2 heterocycles. The molecule has 5 nitrogen and oxygen atoms in total. The standard InChI is InChI=1S/C15H20N4O/c1-15(2)11-16-8-9-19(15)10-13-17-14(20-18-13)12-6-4-3-5-7-12/h3-7,16H,8-11H2,1-2H3. The van der Waals surface area contributed by atoms with Gasteiger partial charge in [-0.3, -0.25) is 4.90 Å². The van der Waals surface area contributed by atoms with Gasteiger partial charge in [0.1, 0.15) is 0 Å². The molecular weight excluding hydrogens is 252 g/mol. The number of aromatic nitrogens is 2. The van der Waals surface area contributed by atoms with E-state index in [1.807, 2.05) is 30.3 Å². The Labute approximate surface area is 119 Å². The molecular formula is C15H20N4O. The highest BCUT2D eigenvalue weighted by molar-refractivity contribution is 5.51. The molecule has 1 fully saturated rings. The van der Waals surface area contributed by atoms with Crippen molar-refractivity contribution in [1.82, 2.24) is 20.4 Å². The van der Waals surface area contributed by atoms with E-state index in [9.17, 15) is 0 Å². The zero-order chi connectivity index (χ0) is 14.0. The normalized spacial score (nSPS) is 19.1. The van der Waals surface area contributed by atoms with E-state index in [2.05, 4.69) is 34.2 Å². The lowest BCUT2D eigenvalue weighted by atomic mass is 10.0. The van der Waals surface area contributed by atoms with Crippen LogP contribution in [0.4, 0.5) is 0 Å². The van der Waals surface area contributed by atoms with Crippen LogP contribution in [0.3, 0.4) is 0 Å². The van der Waals surface area contributed by atoms with Crippen LogP contribution in [0.15, 0.2) is 34.9 Å². The van der Waals surface area contributed by atoms with Crippen molar-refractivity contribution in [2.45, 2.75) is 25.9 Å². The van der Waals surface area contributed by atoms with E-state index in [1.54, 1.807) is 0 Å². The summed E-state index contributed by atoms with van der Waals surface area (Å²) in [6, 6.07) is 9.87. The van der Waals surface area contributed by atoms with Gasteiger partial charge in [0, 0.05) is 30.7 Å². The molecule has 0 radical (unpaired) electrons. The number of piperazine rings is 1. The van der Waals surface area contributed by atoms with Crippen molar-refractivity contribution in [2.24, 2.45) is 0 Å². The second-order valence-electron chi connectivity index (χ2n) is 5.79. The summed E-state index contributed by atoms with van der Waals surface area (Å²) in [7, 11) is 0. The van der Waals surface area contributed by atoms with Crippen LogP contribution in [0.5, 0.6) is 0 Å². The van der Waals surface area contributed by atoms with E-state index in [0.29, 0.717) is 5.89 Å². The minimum atomic E-state index is 0.117. The first-order chi connectivity index (χ1) is 9.65. The maximum atomic E-state index is 5.36. The summed E-state index contributed by atoms with van der Waals surface area (Å²) in [5, 5.41) is 7.52. The molecule has 3 rings (SSSR count). The fourth-order valence-corrected chi connectivity index (χ4v) is 2.50. The van der Waals surface area contributed by atoms with Crippen molar-refractivity contribution in [2.75, 3.05) is 19.6 Å². The van der Waals surface area contributed by atoms with Gasteiger partial charge in [0.15, 0.2) is 5.82 Å². The van der Waals surface area contributed by atoms with Crippen LogP contribution in [0.1, 0.15) is 19.7 Å². The molecule has 0 atom stereocenters. The van der Waals surface area contributed by atoms with Gasteiger partial charge in [0.25, 0.3) is 5.89 Å². The van der Waals surface area contributed by atoms with Crippen molar-refractivity contribution in [3.05, 3.63) is 36.2 Å². The first-order valence-electron chi connectivity index (χ1n) is 6.99. The molecule has 106 valence electrons. The number of rotatable bonds is 3. The Morgan fingerprint density at radius 2 is 2.10 bits per heavy atom. The largest absolute Gasteiger partial charge is 0.334 e. The fourth-order valence-electron chi connectivity index (χ4n) is 2.50. The van der Waals surface area contributed by atoms with Gasteiger partial charge in [-0.05, 0) is 26.0 Å². The average molecular weight is 272 g/mol. The zero-order valence-electron chi connectivity index (χ0n) is 12.0. The van der Waals surface area contributed by atoms with Crippen LogP contribution in [0.25, 0.3) is 11.5 Å². The highest BCUT2D eigenvalue weighted by Crippen LogP contribution is 2.20. The first-order valence-corrected chi connectivity index (χ1v) is 6.99. The van der Waals surface area contributed by atoms with Crippen LogP contribution in [0, 0.1) is 0 Å². The van der Waals surface area contributed by atoms with Gasteiger partial charge in [0.05, 0.1) is 6.54 Å². The summed E-state index contributed by atoms with van der Waals surface area (Å²) in [6.45, 7) is 8.19. The SMILES string of the molecule is CC1(C)CNCCN1Cc1noc(-c2ccccc2)n1. The van der Waals surface area contributed by atoms with Crippen molar-refractivity contribution < 1.29 is 4.52 Å². The Balaban J connectivity index is 1.74. The molecule has 0 saturated carbocycles. The van der Waals surface area contributed by atoms with Gasteiger partial charge in [-0.15, -0.1) is 0 Å². The quantitative estimate of drug-likeness (QED) is 0.925. The minimum Gasteiger partial charge on any atom is -0.334 e. The highest BCUT2D eigenvalue weighted by atomic mass is 16.5. The van der Waals surface area contributed by atoms with E-state index in [0.717, 1.165) is 37.6 Å². The molecule has 0 unspecified atom stereocenters. The average Bonchev–Trinajstić information content (AvgIpc) is 2.91. The molecule has 1 N–H and O–H groups in total. The van der Waals surface area contributed by atoms with Crippen molar-refractivity contribution in [1.29, 1.82) is 0 Å². The summed E-state index contributed by atoms with van der Waals surface area (Å²) in [5.74, 6) is 1.34. The minimum absolute atomic E-state index is 0.117. The van der Waals surface area contributed by atoms with E-state index >= 15 is 0 Å². The van der Waals surface area contributed by atoms with Gasteiger partial charge < -0.3 is 9.84 Å². The highest BCUT2D eigenvalue weighted by Gasteiger charge is 2.30. The Kier molecular flexibility index (Phi) is 3.54. The van der Waals surface area contributed by atoms with E-state index in [-0.39, 0.29) is 5.54 Å². The maximum absolute atomic E-state index is 5.36. The van der Waals surface area contributed by atoms with Crippen LogP contribution in [-0.4, -0.2) is 40.2 Å². The van der Waals surface area contributed by atoms with E-state index in [1.165, 1.54) is 0 Å². The molecule has 20 heavy (non-hydrogen) atoms. The predicted molar refractivity (Wildman–Crippen MR) is 77.1 cm³/mol. The molecule has 1 aliphatic rings. The van der Waals surface area contributed by atoms with Gasteiger partial charge in [0.2, 0.25) is 0 Å². The second kappa shape index (κ2) is 5.34. The molecule has 5 heteroatoms. The maximum Gasteiger partial charge on any atom is 0.257 e. The number of hydrogen-bond acceptors (Lipinski definition) is 5. The molecule has 1 aliphatic heterocycles. The fraction of sp³-hybridized carbons (Fsp3) is 0.467. The van der Waals surface area contributed by atoms with E-state index in [4.69, 9.17) is 4.52 Å². The number of benzene rings is 1. The first kappa shape index (κ1) is 13.3. The monoisotopic (exact) mass is 272 g/mol. The third-order valence-electron chi connectivity index (χ3n) is 3.79. The summed E-state index contributed by atoms with van der Waals surface area (Å²) in [6.07, 6.45) is 0. The number of nitrogens with zero attached hydrogens (tertiary/aromatic N) is 3. The topological polar surface area (TPSA) is 54.2 Å². The van der Waals surface area contributed by atoms with Gasteiger partial charge in [-0.25, -0.2) is 0 Å². The molecule has 0 bridgehead atoms. The van der Waals surface area contributed by atoms with Crippen LogP contribution < -0.4 is 5.32 Å². The van der Waals surface area contributed by atoms with Crippen molar-refractivity contribution in [3.63, 3.8) is 0 Å². The summed E-state index contributed by atoms with van der Waals surface area (Å²) in [5.41, 5.74) is 1.08. The van der Waals surface area contributed by atoms with Gasteiger partial charge >= 0.3 is 0 Å². The lowest BCUT2D eigenvalue weighted by molar-refractivity contribution is 0.0791. The predicted octanol–water partition coefficient (Wildman–Crippen LogP) is 1.92.